The van der Waals surface area contributed by atoms with Crippen molar-refractivity contribution in [3.05, 3.63) is 15.6 Å². The Balaban J connectivity index is 1.97. The Morgan fingerprint density at radius 3 is 2.80 bits per heavy atom. The van der Waals surface area contributed by atoms with Crippen LogP contribution in [0.2, 0.25) is 0 Å². The van der Waals surface area contributed by atoms with Crippen LogP contribution in [0.25, 0.3) is 0 Å². The zero-order chi connectivity index (χ0) is 10.7. The van der Waals surface area contributed by atoms with E-state index in [9.17, 15) is 0 Å². The van der Waals surface area contributed by atoms with Crippen molar-refractivity contribution >= 4 is 27.3 Å². The Morgan fingerprint density at radius 2 is 2.20 bits per heavy atom. The van der Waals surface area contributed by atoms with E-state index in [1.165, 1.54) is 15.6 Å². The summed E-state index contributed by atoms with van der Waals surface area (Å²) < 4.78 is 5.32. The molecule has 0 spiro atoms. The maximum absolute atomic E-state index is 5.32. The Hall–Kier alpha value is 0.0300. The van der Waals surface area contributed by atoms with E-state index in [1.807, 2.05) is 11.3 Å². The predicted octanol–water partition coefficient (Wildman–Crippen LogP) is 2.18. The van der Waals surface area contributed by atoms with E-state index in [-0.39, 0.29) is 0 Å². The zero-order valence-electron chi connectivity index (χ0n) is 8.83. The summed E-state index contributed by atoms with van der Waals surface area (Å²) in [5, 5.41) is 2.14. The molecule has 0 radical (unpaired) electrons. The van der Waals surface area contributed by atoms with E-state index >= 15 is 0 Å². The lowest BCUT2D eigenvalue weighted by molar-refractivity contribution is 0.0341. The monoisotopic (exact) mass is 290 g/mol. The first-order chi connectivity index (χ1) is 7.29. The summed E-state index contributed by atoms with van der Waals surface area (Å²) in [6.07, 6.45) is 0. The van der Waals surface area contributed by atoms with Crippen molar-refractivity contribution in [2.24, 2.45) is 0 Å². The Bertz CT molecular complexity index is 323. The molecule has 1 fully saturated rings. The normalized spacial score (nSPS) is 18.3. The molecule has 5 heteroatoms. The number of aromatic nitrogens is 1. The number of hydrogen-bond acceptors (Lipinski definition) is 4. The number of hydrogen-bond donors (Lipinski definition) is 0. The van der Waals surface area contributed by atoms with Crippen LogP contribution in [0.5, 0.6) is 0 Å². The lowest BCUT2D eigenvalue weighted by Crippen LogP contribution is -2.35. The minimum Gasteiger partial charge on any atom is -0.379 e. The topological polar surface area (TPSA) is 25.4 Å². The van der Waals surface area contributed by atoms with Gasteiger partial charge in [0.2, 0.25) is 0 Å². The van der Waals surface area contributed by atoms with Gasteiger partial charge >= 0.3 is 0 Å². The van der Waals surface area contributed by atoms with Crippen molar-refractivity contribution in [3.63, 3.8) is 0 Å². The molecular weight excluding hydrogens is 276 g/mol. The van der Waals surface area contributed by atoms with Gasteiger partial charge in [-0.1, -0.05) is 15.9 Å². The molecule has 3 nitrogen and oxygen atoms in total. The van der Waals surface area contributed by atoms with Crippen molar-refractivity contribution < 1.29 is 4.74 Å². The highest BCUT2D eigenvalue weighted by atomic mass is 79.9. The maximum Gasteiger partial charge on any atom is 0.107 e. The van der Waals surface area contributed by atoms with Crippen molar-refractivity contribution in [1.82, 2.24) is 9.88 Å². The molecule has 0 saturated carbocycles. The minimum atomic E-state index is 0.857. The van der Waals surface area contributed by atoms with Gasteiger partial charge in [-0.2, -0.15) is 0 Å². The van der Waals surface area contributed by atoms with Gasteiger partial charge < -0.3 is 4.74 Å². The van der Waals surface area contributed by atoms with Gasteiger partial charge in [0.1, 0.15) is 5.01 Å². The maximum atomic E-state index is 5.32. The molecule has 1 aliphatic heterocycles. The highest BCUT2D eigenvalue weighted by molar-refractivity contribution is 9.08. The smallest absolute Gasteiger partial charge is 0.107 e. The summed E-state index contributed by atoms with van der Waals surface area (Å²) >= 11 is 5.30. The van der Waals surface area contributed by atoms with E-state index < -0.39 is 0 Å². The lowest BCUT2D eigenvalue weighted by Gasteiger charge is -2.25. The molecular formula is C10H15BrN2OS. The first-order valence-corrected chi connectivity index (χ1v) is 7.04. The second-order valence-corrected chi connectivity index (χ2v) is 5.37. The average Bonchev–Trinajstić information content (AvgIpc) is 2.60. The number of morpholine rings is 1. The minimum absolute atomic E-state index is 0.857. The van der Waals surface area contributed by atoms with Crippen molar-refractivity contribution in [2.45, 2.75) is 18.8 Å². The largest absolute Gasteiger partial charge is 0.379 e. The third-order valence-electron chi connectivity index (χ3n) is 2.52. The fourth-order valence-electron chi connectivity index (χ4n) is 1.63. The highest BCUT2D eigenvalue weighted by Gasteiger charge is 2.13. The molecule has 0 unspecified atom stereocenters. The molecule has 84 valence electrons. The van der Waals surface area contributed by atoms with Crippen LogP contribution in [0, 0.1) is 6.92 Å². The number of halogens is 1. The van der Waals surface area contributed by atoms with Crippen LogP contribution in [0.15, 0.2) is 0 Å². The zero-order valence-corrected chi connectivity index (χ0v) is 11.2. The van der Waals surface area contributed by atoms with Crippen LogP contribution in [-0.4, -0.2) is 36.2 Å². The van der Waals surface area contributed by atoms with Gasteiger partial charge in [-0.15, -0.1) is 11.3 Å². The quantitative estimate of drug-likeness (QED) is 0.798. The van der Waals surface area contributed by atoms with Crippen LogP contribution in [-0.2, 0) is 16.6 Å². The fraction of sp³-hybridized carbons (Fsp3) is 0.700. The standard InChI is InChI=1S/C10H15BrN2OS/c1-8-9(6-11)15-10(12-8)7-13-2-4-14-5-3-13/h2-7H2,1H3. The molecule has 0 atom stereocenters. The molecule has 0 bridgehead atoms. The third kappa shape index (κ3) is 3.00. The van der Waals surface area contributed by atoms with Crippen LogP contribution >= 0.6 is 27.3 Å². The number of ether oxygens (including phenoxy) is 1. The lowest BCUT2D eigenvalue weighted by atomic mass is 10.4. The van der Waals surface area contributed by atoms with Crippen molar-refractivity contribution in [1.29, 1.82) is 0 Å². The Labute approximate surface area is 103 Å². The molecule has 15 heavy (non-hydrogen) atoms. The molecule has 2 heterocycles. The van der Waals surface area contributed by atoms with E-state index in [0.717, 1.165) is 38.2 Å². The third-order valence-corrected chi connectivity index (χ3v) is 4.59. The second-order valence-electron chi connectivity index (χ2n) is 3.64. The summed E-state index contributed by atoms with van der Waals surface area (Å²) in [6, 6.07) is 0. The molecule has 1 saturated heterocycles. The van der Waals surface area contributed by atoms with Gasteiger partial charge in [0.05, 0.1) is 25.5 Å². The van der Waals surface area contributed by atoms with Gasteiger partial charge in [0.25, 0.3) is 0 Å². The first-order valence-electron chi connectivity index (χ1n) is 5.11. The first kappa shape index (κ1) is 11.5. The number of alkyl halides is 1. The fourth-order valence-corrected chi connectivity index (χ4v) is 3.34. The molecule has 1 aliphatic rings. The number of nitrogens with zero attached hydrogens (tertiary/aromatic N) is 2. The number of rotatable bonds is 3. The molecule has 0 aromatic carbocycles. The molecule has 1 aromatic heterocycles. The predicted molar refractivity (Wildman–Crippen MR) is 65.6 cm³/mol. The van der Waals surface area contributed by atoms with E-state index in [2.05, 4.69) is 32.7 Å². The highest BCUT2D eigenvalue weighted by Crippen LogP contribution is 2.22. The van der Waals surface area contributed by atoms with Gasteiger partial charge in [-0.05, 0) is 6.92 Å². The Morgan fingerprint density at radius 1 is 1.47 bits per heavy atom. The summed E-state index contributed by atoms with van der Waals surface area (Å²) in [6.45, 7) is 6.83. The van der Waals surface area contributed by atoms with Gasteiger partial charge in [0.15, 0.2) is 0 Å². The summed E-state index contributed by atoms with van der Waals surface area (Å²) in [7, 11) is 0. The van der Waals surface area contributed by atoms with E-state index in [1.54, 1.807) is 0 Å². The summed E-state index contributed by atoms with van der Waals surface area (Å²) in [5.74, 6) is 0. The van der Waals surface area contributed by atoms with Crippen LogP contribution in [0.4, 0.5) is 0 Å². The van der Waals surface area contributed by atoms with Gasteiger partial charge in [0, 0.05) is 23.3 Å². The van der Waals surface area contributed by atoms with E-state index in [0.29, 0.717) is 0 Å². The van der Waals surface area contributed by atoms with E-state index in [4.69, 9.17) is 4.74 Å². The number of thiazole rings is 1. The summed E-state index contributed by atoms with van der Waals surface area (Å²) in [5.41, 5.74) is 1.17. The molecule has 0 N–H and O–H groups in total. The molecule has 0 aliphatic carbocycles. The molecule has 1 aromatic rings. The SMILES string of the molecule is Cc1nc(CN2CCOCC2)sc1CBr. The Kier molecular flexibility index (Phi) is 4.13. The number of aryl methyl sites for hydroxylation is 1. The van der Waals surface area contributed by atoms with Crippen LogP contribution in [0.1, 0.15) is 15.6 Å². The summed E-state index contributed by atoms with van der Waals surface area (Å²) in [4.78, 5) is 8.33. The van der Waals surface area contributed by atoms with Crippen molar-refractivity contribution in [3.8, 4) is 0 Å². The van der Waals surface area contributed by atoms with Gasteiger partial charge in [-0.3, -0.25) is 4.90 Å². The van der Waals surface area contributed by atoms with Crippen molar-refractivity contribution in [2.75, 3.05) is 26.3 Å². The van der Waals surface area contributed by atoms with Crippen LogP contribution < -0.4 is 0 Å². The average molecular weight is 291 g/mol. The molecule has 2 rings (SSSR count). The molecule has 0 amide bonds. The van der Waals surface area contributed by atoms with Crippen LogP contribution in [0.3, 0.4) is 0 Å². The van der Waals surface area contributed by atoms with Gasteiger partial charge in [-0.25, -0.2) is 4.98 Å². The second kappa shape index (κ2) is 5.39.